The van der Waals surface area contributed by atoms with Gasteiger partial charge in [0.25, 0.3) is 0 Å². The average Bonchev–Trinajstić information content (AvgIpc) is 2.94. The van der Waals surface area contributed by atoms with Crippen LogP contribution in [0.5, 0.6) is 0 Å². The Morgan fingerprint density at radius 2 is 1.92 bits per heavy atom. The van der Waals surface area contributed by atoms with Gasteiger partial charge >= 0.3 is 0 Å². The molecule has 0 unspecified atom stereocenters. The quantitative estimate of drug-likeness (QED) is 0.831. The Balaban J connectivity index is 1.76. The molecule has 1 aromatic carbocycles. The number of thioether (sulfide) groups is 1. The number of benzene rings is 1. The van der Waals surface area contributed by atoms with Crippen LogP contribution >= 0.6 is 11.8 Å². The predicted octanol–water partition coefficient (Wildman–Crippen LogP) is 3.46. The first kappa shape index (κ1) is 18.5. The van der Waals surface area contributed by atoms with Crippen molar-refractivity contribution in [2.24, 2.45) is 0 Å². The van der Waals surface area contributed by atoms with Gasteiger partial charge in [-0.15, -0.1) is 11.8 Å². The molecule has 1 amide bonds. The van der Waals surface area contributed by atoms with Gasteiger partial charge in [-0.3, -0.25) is 4.79 Å². The van der Waals surface area contributed by atoms with Gasteiger partial charge in [-0.25, -0.2) is 0 Å². The van der Waals surface area contributed by atoms with Crippen molar-refractivity contribution in [3.63, 3.8) is 0 Å². The Bertz CT molecular complexity index is 689. The van der Waals surface area contributed by atoms with E-state index in [-0.39, 0.29) is 11.2 Å². The maximum Gasteiger partial charge on any atom is 0.239 e. The Morgan fingerprint density at radius 3 is 2.50 bits per heavy atom. The van der Waals surface area contributed by atoms with E-state index in [1.54, 1.807) is 6.92 Å². The molecule has 0 fully saturated rings. The zero-order valence-electron chi connectivity index (χ0n) is 15.0. The van der Waals surface area contributed by atoms with Crippen LogP contribution in [0.3, 0.4) is 0 Å². The van der Waals surface area contributed by atoms with Crippen LogP contribution in [0.1, 0.15) is 46.1 Å². The van der Waals surface area contributed by atoms with Gasteiger partial charge in [0.15, 0.2) is 5.82 Å². The summed E-state index contributed by atoms with van der Waals surface area (Å²) >= 11 is 1.50. The van der Waals surface area contributed by atoms with Crippen molar-refractivity contribution in [2.45, 2.75) is 46.3 Å². The van der Waals surface area contributed by atoms with Gasteiger partial charge in [-0.2, -0.15) is 4.98 Å². The van der Waals surface area contributed by atoms with Crippen LogP contribution in [0.15, 0.2) is 16.7 Å². The van der Waals surface area contributed by atoms with Crippen LogP contribution in [0, 0.1) is 27.7 Å². The van der Waals surface area contributed by atoms with Gasteiger partial charge in [-0.05, 0) is 57.7 Å². The molecule has 5 nitrogen and oxygen atoms in total. The molecule has 0 aliphatic rings. The van der Waals surface area contributed by atoms with E-state index in [9.17, 15) is 4.79 Å². The third kappa shape index (κ3) is 5.09. The summed E-state index contributed by atoms with van der Waals surface area (Å²) < 4.78 is 5.12. The second kappa shape index (κ2) is 8.33. The Morgan fingerprint density at radius 1 is 1.25 bits per heavy atom. The fourth-order valence-corrected chi connectivity index (χ4v) is 3.47. The standard InChI is InChI=1S/C18H25N3O2S/c1-11-8-12(2)16(13(3)9-11)6-7-19-17(22)10-24-14(4)18-20-15(5)21-23-18/h8-9,14H,6-7,10H2,1-5H3,(H,19,22)/t14-/m0/s1. The fraction of sp³-hybridized carbons (Fsp3) is 0.500. The van der Waals surface area contributed by atoms with Crippen molar-refractivity contribution in [1.29, 1.82) is 0 Å². The van der Waals surface area contributed by atoms with Gasteiger partial charge in [0.2, 0.25) is 11.8 Å². The Labute approximate surface area is 147 Å². The lowest BCUT2D eigenvalue weighted by Gasteiger charge is -2.12. The van der Waals surface area contributed by atoms with E-state index >= 15 is 0 Å². The summed E-state index contributed by atoms with van der Waals surface area (Å²) in [5, 5.41) is 6.77. The average molecular weight is 347 g/mol. The molecule has 130 valence electrons. The molecule has 1 aromatic heterocycles. The first-order valence-corrected chi connectivity index (χ1v) is 9.17. The molecular weight excluding hydrogens is 322 g/mol. The summed E-state index contributed by atoms with van der Waals surface area (Å²) in [6.07, 6.45) is 0.854. The topological polar surface area (TPSA) is 68.0 Å². The first-order chi connectivity index (χ1) is 11.4. The summed E-state index contributed by atoms with van der Waals surface area (Å²) in [6.45, 7) is 10.8. The summed E-state index contributed by atoms with van der Waals surface area (Å²) in [7, 11) is 0. The number of nitrogens with zero attached hydrogens (tertiary/aromatic N) is 2. The number of amides is 1. The number of nitrogens with one attached hydrogen (secondary N) is 1. The lowest BCUT2D eigenvalue weighted by Crippen LogP contribution is -2.27. The molecular formula is C18H25N3O2S. The van der Waals surface area contributed by atoms with Crippen molar-refractivity contribution in [3.8, 4) is 0 Å². The molecule has 2 rings (SSSR count). The van der Waals surface area contributed by atoms with Gasteiger partial charge < -0.3 is 9.84 Å². The second-order valence-electron chi connectivity index (χ2n) is 6.11. The highest BCUT2D eigenvalue weighted by Gasteiger charge is 2.15. The monoisotopic (exact) mass is 347 g/mol. The number of hydrogen-bond donors (Lipinski definition) is 1. The van der Waals surface area contributed by atoms with E-state index in [4.69, 9.17) is 4.52 Å². The summed E-state index contributed by atoms with van der Waals surface area (Å²) in [5.74, 6) is 1.60. The minimum absolute atomic E-state index is 0.0125. The normalized spacial score (nSPS) is 12.2. The summed E-state index contributed by atoms with van der Waals surface area (Å²) in [4.78, 5) is 16.2. The smallest absolute Gasteiger partial charge is 0.239 e. The number of aryl methyl sites for hydroxylation is 4. The number of hydrogen-bond acceptors (Lipinski definition) is 5. The highest BCUT2D eigenvalue weighted by atomic mass is 32.2. The van der Waals surface area contributed by atoms with Gasteiger partial charge in [0.05, 0.1) is 11.0 Å². The number of carbonyl (C=O) groups is 1. The highest BCUT2D eigenvalue weighted by molar-refractivity contribution is 8.00. The predicted molar refractivity (Wildman–Crippen MR) is 97.3 cm³/mol. The Hall–Kier alpha value is -1.82. The minimum Gasteiger partial charge on any atom is -0.355 e. The van der Waals surface area contributed by atoms with Crippen molar-refractivity contribution < 1.29 is 9.32 Å². The summed E-state index contributed by atoms with van der Waals surface area (Å²) in [5.41, 5.74) is 5.18. The Kier molecular flexibility index (Phi) is 6.43. The zero-order chi connectivity index (χ0) is 17.7. The molecule has 0 radical (unpaired) electrons. The van der Waals surface area contributed by atoms with Crippen LogP contribution in [-0.4, -0.2) is 28.3 Å². The highest BCUT2D eigenvalue weighted by Crippen LogP contribution is 2.26. The molecule has 24 heavy (non-hydrogen) atoms. The lowest BCUT2D eigenvalue weighted by molar-refractivity contribution is -0.118. The molecule has 6 heteroatoms. The molecule has 0 aliphatic heterocycles. The SMILES string of the molecule is Cc1cc(C)c(CCNC(=O)CS[C@@H](C)c2nc(C)no2)c(C)c1. The molecule has 1 atom stereocenters. The molecule has 1 heterocycles. The maximum atomic E-state index is 12.0. The fourth-order valence-electron chi connectivity index (χ4n) is 2.73. The van der Waals surface area contributed by atoms with Gasteiger partial charge in [0, 0.05) is 6.54 Å². The number of carbonyl (C=O) groups excluding carboxylic acids is 1. The zero-order valence-corrected chi connectivity index (χ0v) is 15.8. The van der Waals surface area contributed by atoms with E-state index in [1.807, 2.05) is 6.92 Å². The van der Waals surface area contributed by atoms with E-state index in [2.05, 4.69) is 48.4 Å². The molecule has 0 aliphatic carbocycles. The molecule has 2 aromatic rings. The van der Waals surface area contributed by atoms with Gasteiger partial charge in [-0.1, -0.05) is 22.9 Å². The van der Waals surface area contributed by atoms with E-state index in [0.29, 0.717) is 24.0 Å². The summed E-state index contributed by atoms with van der Waals surface area (Å²) in [6, 6.07) is 4.38. The minimum atomic E-state index is 0.0125. The second-order valence-corrected chi connectivity index (χ2v) is 7.44. The largest absolute Gasteiger partial charge is 0.355 e. The van der Waals surface area contributed by atoms with Crippen LogP contribution in [0.2, 0.25) is 0 Å². The lowest BCUT2D eigenvalue weighted by atomic mass is 9.97. The van der Waals surface area contributed by atoms with Gasteiger partial charge in [0.1, 0.15) is 0 Å². The van der Waals surface area contributed by atoms with Crippen molar-refractivity contribution in [3.05, 3.63) is 46.1 Å². The van der Waals surface area contributed by atoms with Crippen LogP contribution in [0.4, 0.5) is 0 Å². The van der Waals surface area contributed by atoms with E-state index < -0.39 is 0 Å². The van der Waals surface area contributed by atoms with Crippen LogP contribution < -0.4 is 5.32 Å². The third-order valence-corrected chi connectivity index (χ3v) is 5.02. The van der Waals surface area contributed by atoms with Crippen molar-refractivity contribution in [2.75, 3.05) is 12.3 Å². The number of rotatable bonds is 7. The van der Waals surface area contributed by atoms with Crippen LogP contribution in [-0.2, 0) is 11.2 Å². The molecule has 1 N–H and O–H groups in total. The number of aromatic nitrogens is 2. The molecule has 0 saturated carbocycles. The van der Waals surface area contributed by atoms with Crippen LogP contribution in [0.25, 0.3) is 0 Å². The molecule has 0 spiro atoms. The van der Waals surface area contributed by atoms with Crippen molar-refractivity contribution in [1.82, 2.24) is 15.5 Å². The molecule has 0 saturated heterocycles. The van der Waals surface area contributed by atoms with E-state index in [1.165, 1.54) is 34.0 Å². The van der Waals surface area contributed by atoms with E-state index in [0.717, 1.165) is 6.42 Å². The third-order valence-electron chi connectivity index (χ3n) is 3.89. The maximum absolute atomic E-state index is 12.0. The molecule has 0 bridgehead atoms. The van der Waals surface area contributed by atoms with Crippen molar-refractivity contribution >= 4 is 17.7 Å². The first-order valence-electron chi connectivity index (χ1n) is 8.12.